The van der Waals surface area contributed by atoms with Gasteiger partial charge in [0.2, 0.25) is 5.88 Å². The molecule has 2 N–H and O–H groups in total. The van der Waals surface area contributed by atoms with Crippen LogP contribution in [-0.4, -0.2) is 15.6 Å². The van der Waals surface area contributed by atoms with Crippen LogP contribution in [0, 0.1) is 0 Å². The van der Waals surface area contributed by atoms with Gasteiger partial charge in [0.15, 0.2) is 0 Å². The predicted octanol–water partition coefficient (Wildman–Crippen LogP) is 3.06. The van der Waals surface area contributed by atoms with Gasteiger partial charge >= 0.3 is 0 Å². The summed E-state index contributed by atoms with van der Waals surface area (Å²) in [6, 6.07) is 14.3. The number of nitrogens with zero attached hydrogens (tertiary/aromatic N) is 1. The highest BCUT2D eigenvalue weighted by Gasteiger charge is 2.20. The van der Waals surface area contributed by atoms with Gasteiger partial charge in [-0.05, 0) is 24.1 Å². The number of hydrogen-bond acceptors (Lipinski definition) is 3. The monoisotopic (exact) mass is 322 g/mol. The molecule has 122 valence electrons. The number of aryl methyl sites for hydroxylation is 1. The van der Waals surface area contributed by atoms with Crippen LogP contribution in [0.1, 0.15) is 22.8 Å². The Kier molecular flexibility index (Phi) is 4.08. The molecule has 0 aliphatic rings. The van der Waals surface area contributed by atoms with E-state index in [1.165, 1.54) is 7.05 Å². The van der Waals surface area contributed by atoms with Crippen LogP contribution in [0.4, 0.5) is 5.69 Å². The van der Waals surface area contributed by atoms with E-state index < -0.39 is 5.91 Å². The Balaban J connectivity index is 2.16. The molecule has 5 heteroatoms. The van der Waals surface area contributed by atoms with E-state index in [4.69, 9.17) is 0 Å². The van der Waals surface area contributed by atoms with E-state index >= 15 is 0 Å². The standard InChI is InChI=1S/C19H18N2O3/c1-3-12-8-4-7-11-15(12)20-17(22)16-13-9-5-6-10-14(13)18(23)21(2)19(16)24/h4-11,24H,3H2,1-2H3,(H,20,22). The molecule has 0 atom stereocenters. The summed E-state index contributed by atoms with van der Waals surface area (Å²) in [6.07, 6.45) is 0.774. The first-order valence-electron chi connectivity index (χ1n) is 7.74. The number of carbonyl (C=O) groups excluding carboxylic acids is 1. The summed E-state index contributed by atoms with van der Waals surface area (Å²) in [4.78, 5) is 25.0. The van der Waals surface area contributed by atoms with Gasteiger partial charge in [0.05, 0.1) is 0 Å². The zero-order valence-corrected chi connectivity index (χ0v) is 13.5. The molecule has 5 nitrogen and oxygen atoms in total. The van der Waals surface area contributed by atoms with E-state index in [0.717, 1.165) is 16.6 Å². The highest BCUT2D eigenvalue weighted by atomic mass is 16.3. The number of anilines is 1. The van der Waals surface area contributed by atoms with Crippen LogP contribution < -0.4 is 10.9 Å². The lowest BCUT2D eigenvalue weighted by Gasteiger charge is -2.14. The van der Waals surface area contributed by atoms with Crippen molar-refractivity contribution in [3.05, 3.63) is 70.0 Å². The first-order valence-corrected chi connectivity index (χ1v) is 7.74. The van der Waals surface area contributed by atoms with Crippen LogP contribution in [0.25, 0.3) is 10.8 Å². The molecular formula is C19H18N2O3. The van der Waals surface area contributed by atoms with Gasteiger partial charge in [0.25, 0.3) is 11.5 Å². The fourth-order valence-electron chi connectivity index (χ4n) is 2.81. The average molecular weight is 322 g/mol. The molecule has 0 aliphatic carbocycles. The second-order valence-corrected chi connectivity index (χ2v) is 5.57. The second-order valence-electron chi connectivity index (χ2n) is 5.57. The first kappa shape index (κ1) is 15.8. The summed E-state index contributed by atoms with van der Waals surface area (Å²) in [5, 5.41) is 14.0. The molecular weight excluding hydrogens is 304 g/mol. The van der Waals surface area contributed by atoms with Crippen molar-refractivity contribution in [3.8, 4) is 5.88 Å². The molecule has 24 heavy (non-hydrogen) atoms. The van der Waals surface area contributed by atoms with Crippen LogP contribution in [-0.2, 0) is 13.5 Å². The molecule has 1 heterocycles. The molecule has 0 spiro atoms. The summed E-state index contributed by atoms with van der Waals surface area (Å²) in [5.41, 5.74) is 1.45. The number of fused-ring (bicyclic) bond motifs is 1. The van der Waals surface area contributed by atoms with E-state index in [1.807, 2.05) is 31.2 Å². The van der Waals surface area contributed by atoms with Gasteiger partial charge < -0.3 is 10.4 Å². The van der Waals surface area contributed by atoms with Crippen molar-refractivity contribution in [1.29, 1.82) is 0 Å². The predicted molar refractivity (Wildman–Crippen MR) is 94.6 cm³/mol. The second kappa shape index (κ2) is 6.20. The van der Waals surface area contributed by atoms with E-state index in [-0.39, 0.29) is 17.0 Å². The van der Waals surface area contributed by atoms with Crippen molar-refractivity contribution in [2.45, 2.75) is 13.3 Å². The molecule has 0 saturated heterocycles. The Morgan fingerprint density at radius 2 is 1.71 bits per heavy atom. The molecule has 3 aromatic rings. The smallest absolute Gasteiger partial charge is 0.261 e. The third kappa shape index (κ3) is 2.54. The Labute approximate surface area is 139 Å². The lowest BCUT2D eigenvalue weighted by atomic mass is 10.1. The van der Waals surface area contributed by atoms with Crippen molar-refractivity contribution in [1.82, 2.24) is 4.57 Å². The van der Waals surface area contributed by atoms with Crippen molar-refractivity contribution >= 4 is 22.4 Å². The zero-order chi connectivity index (χ0) is 17.3. The number of amides is 1. The van der Waals surface area contributed by atoms with Gasteiger partial charge in [0.1, 0.15) is 5.56 Å². The normalized spacial score (nSPS) is 10.8. The van der Waals surface area contributed by atoms with E-state index in [9.17, 15) is 14.7 Å². The number of rotatable bonds is 3. The van der Waals surface area contributed by atoms with Gasteiger partial charge in [-0.1, -0.05) is 43.3 Å². The van der Waals surface area contributed by atoms with Crippen molar-refractivity contribution in [3.63, 3.8) is 0 Å². The van der Waals surface area contributed by atoms with Gasteiger partial charge in [-0.3, -0.25) is 14.2 Å². The highest BCUT2D eigenvalue weighted by Crippen LogP contribution is 2.26. The summed E-state index contributed by atoms with van der Waals surface area (Å²) >= 11 is 0. The molecule has 3 rings (SSSR count). The number of aromatic nitrogens is 1. The van der Waals surface area contributed by atoms with Crippen LogP contribution in [0.2, 0.25) is 0 Å². The quantitative estimate of drug-likeness (QED) is 0.778. The van der Waals surface area contributed by atoms with E-state index in [2.05, 4.69) is 5.32 Å². The molecule has 0 aliphatic heterocycles. The number of para-hydroxylation sites is 1. The minimum atomic E-state index is -0.444. The lowest BCUT2D eigenvalue weighted by molar-refractivity contribution is 0.102. The lowest BCUT2D eigenvalue weighted by Crippen LogP contribution is -2.22. The molecule has 0 radical (unpaired) electrons. The maximum absolute atomic E-state index is 12.8. The molecule has 1 amide bonds. The van der Waals surface area contributed by atoms with Crippen LogP contribution in [0.3, 0.4) is 0 Å². The van der Waals surface area contributed by atoms with Crippen molar-refractivity contribution in [2.24, 2.45) is 7.05 Å². The van der Waals surface area contributed by atoms with Crippen molar-refractivity contribution in [2.75, 3.05) is 5.32 Å². The van der Waals surface area contributed by atoms with Crippen LogP contribution in [0.15, 0.2) is 53.3 Å². The van der Waals surface area contributed by atoms with Gasteiger partial charge in [-0.2, -0.15) is 0 Å². The number of hydrogen-bond donors (Lipinski definition) is 2. The molecule has 1 aromatic heterocycles. The fourth-order valence-corrected chi connectivity index (χ4v) is 2.81. The molecule has 2 aromatic carbocycles. The number of carbonyl (C=O) groups is 1. The summed E-state index contributed by atoms with van der Waals surface area (Å²) in [7, 11) is 1.45. The summed E-state index contributed by atoms with van der Waals surface area (Å²) in [5.74, 6) is -0.787. The Morgan fingerprint density at radius 1 is 1.08 bits per heavy atom. The fraction of sp³-hybridized carbons (Fsp3) is 0.158. The third-order valence-electron chi connectivity index (χ3n) is 4.15. The Morgan fingerprint density at radius 3 is 2.42 bits per heavy atom. The van der Waals surface area contributed by atoms with Crippen molar-refractivity contribution < 1.29 is 9.90 Å². The first-order chi connectivity index (χ1) is 11.5. The average Bonchev–Trinajstić information content (AvgIpc) is 2.60. The minimum Gasteiger partial charge on any atom is -0.494 e. The largest absolute Gasteiger partial charge is 0.494 e. The molecule has 0 saturated carbocycles. The molecule has 0 bridgehead atoms. The zero-order valence-electron chi connectivity index (χ0n) is 13.5. The highest BCUT2D eigenvalue weighted by molar-refractivity contribution is 6.14. The number of aromatic hydroxyl groups is 1. The third-order valence-corrected chi connectivity index (χ3v) is 4.15. The Bertz CT molecular complexity index is 990. The van der Waals surface area contributed by atoms with Gasteiger partial charge in [0, 0.05) is 23.5 Å². The Hall–Kier alpha value is -3.08. The maximum atomic E-state index is 12.8. The van der Waals surface area contributed by atoms with Gasteiger partial charge in [-0.15, -0.1) is 0 Å². The summed E-state index contributed by atoms with van der Waals surface area (Å²) in [6.45, 7) is 2.00. The topological polar surface area (TPSA) is 71.3 Å². The van der Waals surface area contributed by atoms with Crippen LogP contribution >= 0.6 is 0 Å². The van der Waals surface area contributed by atoms with E-state index in [0.29, 0.717) is 16.5 Å². The van der Waals surface area contributed by atoms with Crippen LogP contribution in [0.5, 0.6) is 5.88 Å². The van der Waals surface area contributed by atoms with E-state index in [1.54, 1.807) is 24.3 Å². The van der Waals surface area contributed by atoms with Gasteiger partial charge in [-0.25, -0.2) is 0 Å². The minimum absolute atomic E-state index is 0.0959. The number of benzene rings is 2. The SMILES string of the molecule is CCc1ccccc1NC(=O)c1c(O)n(C)c(=O)c2ccccc12. The number of pyridine rings is 1. The maximum Gasteiger partial charge on any atom is 0.261 e. The molecule has 0 unspecified atom stereocenters. The summed E-state index contributed by atoms with van der Waals surface area (Å²) < 4.78 is 1.09. The number of nitrogens with one attached hydrogen (secondary N) is 1. The molecule has 0 fully saturated rings.